The summed E-state index contributed by atoms with van der Waals surface area (Å²) in [6.45, 7) is 1.83. The molecule has 0 unspecified atom stereocenters. The molecule has 3 aromatic rings. The van der Waals surface area contributed by atoms with E-state index < -0.39 is 0 Å². The normalized spacial score (nSPS) is 15.8. The number of nitrogens with zero attached hydrogens (tertiary/aromatic N) is 1. The maximum Gasteiger partial charge on any atom is 0.251 e. The van der Waals surface area contributed by atoms with Crippen molar-refractivity contribution in [2.24, 2.45) is 0 Å². The van der Waals surface area contributed by atoms with Gasteiger partial charge >= 0.3 is 0 Å². The summed E-state index contributed by atoms with van der Waals surface area (Å²) in [6, 6.07) is 23.6. The Kier molecular flexibility index (Phi) is 6.91. The van der Waals surface area contributed by atoms with Gasteiger partial charge in [0.25, 0.3) is 5.91 Å². The lowest BCUT2D eigenvalue weighted by Gasteiger charge is -2.28. The third kappa shape index (κ3) is 5.15. The molecule has 0 aromatic heterocycles. The molecule has 174 valence electrons. The summed E-state index contributed by atoms with van der Waals surface area (Å²) in [5, 5.41) is 4.41. The van der Waals surface area contributed by atoms with Crippen molar-refractivity contribution in [3.8, 4) is 11.5 Å². The van der Waals surface area contributed by atoms with Crippen molar-refractivity contribution in [3.05, 3.63) is 99.5 Å². The Hall–Kier alpha value is -2.79. The number of hydrogen-bond donors (Lipinski definition) is 1. The Balaban J connectivity index is 1.45. The second-order valence-electron chi connectivity index (χ2n) is 8.70. The maximum atomic E-state index is 13.9. The van der Waals surface area contributed by atoms with Gasteiger partial charge in [-0.05, 0) is 72.8 Å². The minimum Gasteiger partial charge on any atom is -0.457 e. The Morgan fingerprint density at radius 2 is 1.74 bits per heavy atom. The third-order valence-corrected chi connectivity index (χ3v) is 7.12. The van der Waals surface area contributed by atoms with Crippen molar-refractivity contribution in [3.63, 3.8) is 0 Å². The van der Waals surface area contributed by atoms with Crippen LogP contribution >= 0.6 is 23.2 Å². The van der Waals surface area contributed by atoms with Crippen LogP contribution in [0.2, 0.25) is 10.0 Å². The number of halogens is 2. The largest absolute Gasteiger partial charge is 0.457 e. The Labute approximate surface area is 210 Å². The molecule has 0 bridgehead atoms. The van der Waals surface area contributed by atoms with Crippen LogP contribution in [0.1, 0.15) is 30.4 Å². The molecule has 1 N–H and O–H groups in total. The highest BCUT2D eigenvalue weighted by Gasteiger charge is 2.35. The van der Waals surface area contributed by atoms with E-state index >= 15 is 0 Å². The molecule has 0 spiro atoms. The molecule has 1 aliphatic heterocycles. The third-order valence-electron chi connectivity index (χ3n) is 6.26. The van der Waals surface area contributed by atoms with E-state index in [1.807, 2.05) is 65.6 Å². The Morgan fingerprint density at radius 1 is 0.971 bits per heavy atom. The number of ether oxygens (including phenoxy) is 1. The lowest BCUT2D eigenvalue weighted by molar-refractivity contribution is -0.128. The van der Waals surface area contributed by atoms with Gasteiger partial charge in [-0.1, -0.05) is 65.7 Å². The number of carbonyl (C=O) groups is 1. The highest BCUT2D eigenvalue weighted by Crippen LogP contribution is 2.35. The molecular weight excluding hydrogens is 467 g/mol. The van der Waals surface area contributed by atoms with Crippen molar-refractivity contribution >= 4 is 34.7 Å². The summed E-state index contributed by atoms with van der Waals surface area (Å²) in [7, 11) is 0. The van der Waals surface area contributed by atoms with Gasteiger partial charge in [0.05, 0.1) is 10.0 Å². The molecule has 5 rings (SSSR count). The number of rotatable bonds is 7. The zero-order chi connectivity index (χ0) is 23.5. The van der Waals surface area contributed by atoms with Gasteiger partial charge in [-0.25, -0.2) is 0 Å². The smallest absolute Gasteiger partial charge is 0.251 e. The van der Waals surface area contributed by atoms with Crippen LogP contribution < -0.4 is 10.1 Å². The Morgan fingerprint density at radius 3 is 2.53 bits per heavy atom. The molecule has 4 nitrogen and oxygen atoms in total. The summed E-state index contributed by atoms with van der Waals surface area (Å²) < 4.78 is 6.04. The minimum absolute atomic E-state index is 0.0649. The van der Waals surface area contributed by atoms with Gasteiger partial charge in [0.2, 0.25) is 0 Å². The standard InChI is InChI=1S/C28H26Cl2N2O2/c29-26-11-5-7-20(27(26)30)18-32(21-12-13-21)28(33)25-17-31-15-14-24(25)19-6-4-10-23(16-19)34-22-8-2-1-3-9-22/h1-11,16,21,31H,12-15,17-18H2. The molecule has 1 amide bonds. The molecule has 2 aliphatic rings. The lowest BCUT2D eigenvalue weighted by Crippen LogP contribution is -2.39. The van der Waals surface area contributed by atoms with Crippen molar-refractivity contribution in [2.45, 2.75) is 31.8 Å². The van der Waals surface area contributed by atoms with Gasteiger partial charge in [-0.15, -0.1) is 0 Å². The highest BCUT2D eigenvalue weighted by molar-refractivity contribution is 6.42. The van der Waals surface area contributed by atoms with Gasteiger partial charge in [0.15, 0.2) is 0 Å². The monoisotopic (exact) mass is 492 g/mol. The predicted octanol–water partition coefficient (Wildman–Crippen LogP) is 6.72. The maximum absolute atomic E-state index is 13.9. The number of carbonyl (C=O) groups excluding carboxylic acids is 1. The van der Waals surface area contributed by atoms with Crippen LogP contribution in [0.4, 0.5) is 0 Å². The fourth-order valence-corrected chi connectivity index (χ4v) is 4.74. The molecular formula is C28H26Cl2N2O2. The van der Waals surface area contributed by atoms with E-state index in [2.05, 4.69) is 11.4 Å². The molecule has 1 aliphatic carbocycles. The van der Waals surface area contributed by atoms with Crippen molar-refractivity contribution in [1.82, 2.24) is 10.2 Å². The van der Waals surface area contributed by atoms with Gasteiger partial charge < -0.3 is 15.0 Å². The summed E-state index contributed by atoms with van der Waals surface area (Å²) in [5.41, 5.74) is 3.78. The average Bonchev–Trinajstić information content (AvgIpc) is 3.71. The fraction of sp³-hybridized carbons (Fsp3) is 0.250. The first kappa shape index (κ1) is 23.0. The summed E-state index contributed by atoms with van der Waals surface area (Å²) in [5.74, 6) is 1.61. The van der Waals surface area contributed by atoms with E-state index in [-0.39, 0.29) is 11.9 Å². The van der Waals surface area contributed by atoms with Gasteiger partial charge in [0, 0.05) is 24.7 Å². The topological polar surface area (TPSA) is 41.6 Å². The van der Waals surface area contributed by atoms with Crippen LogP contribution in [0.15, 0.2) is 78.4 Å². The lowest BCUT2D eigenvalue weighted by atomic mass is 9.93. The first-order chi connectivity index (χ1) is 16.6. The van der Waals surface area contributed by atoms with Crippen LogP contribution in [0, 0.1) is 0 Å². The average molecular weight is 493 g/mol. The van der Waals surface area contributed by atoms with Crippen LogP contribution in [-0.4, -0.2) is 29.9 Å². The fourth-order valence-electron chi connectivity index (χ4n) is 4.36. The quantitative estimate of drug-likeness (QED) is 0.397. The van der Waals surface area contributed by atoms with Gasteiger partial charge in [-0.3, -0.25) is 4.79 Å². The van der Waals surface area contributed by atoms with Crippen LogP contribution in [0.3, 0.4) is 0 Å². The second-order valence-corrected chi connectivity index (χ2v) is 9.49. The number of benzene rings is 3. The molecule has 1 fully saturated rings. The van der Waals surface area contributed by atoms with E-state index in [0.29, 0.717) is 23.1 Å². The molecule has 0 atom stereocenters. The summed E-state index contributed by atoms with van der Waals surface area (Å²) >= 11 is 12.7. The molecule has 6 heteroatoms. The van der Waals surface area contributed by atoms with Gasteiger partial charge in [-0.2, -0.15) is 0 Å². The number of amides is 1. The zero-order valence-corrected chi connectivity index (χ0v) is 20.3. The predicted molar refractivity (Wildman–Crippen MR) is 137 cm³/mol. The number of nitrogens with one attached hydrogen (secondary N) is 1. The summed E-state index contributed by atoms with van der Waals surface area (Å²) in [6.07, 6.45) is 2.81. The van der Waals surface area contributed by atoms with Crippen molar-refractivity contribution in [1.29, 1.82) is 0 Å². The molecule has 1 heterocycles. The van der Waals surface area contributed by atoms with Crippen LogP contribution in [0.5, 0.6) is 11.5 Å². The molecule has 3 aromatic carbocycles. The molecule has 1 saturated carbocycles. The molecule has 0 saturated heterocycles. The molecule has 34 heavy (non-hydrogen) atoms. The van der Waals surface area contributed by atoms with E-state index in [4.69, 9.17) is 27.9 Å². The SMILES string of the molecule is O=C(C1=C(c2cccc(Oc3ccccc3)c2)CCNC1)N(Cc1cccc(Cl)c1Cl)C1CC1. The van der Waals surface area contributed by atoms with Gasteiger partial charge in [0.1, 0.15) is 11.5 Å². The first-order valence-electron chi connectivity index (χ1n) is 11.6. The van der Waals surface area contributed by atoms with Crippen LogP contribution in [0.25, 0.3) is 5.57 Å². The van der Waals surface area contributed by atoms with Crippen LogP contribution in [-0.2, 0) is 11.3 Å². The Bertz CT molecular complexity index is 1220. The number of hydrogen-bond acceptors (Lipinski definition) is 3. The highest BCUT2D eigenvalue weighted by atomic mass is 35.5. The number of para-hydroxylation sites is 1. The minimum atomic E-state index is 0.0649. The van der Waals surface area contributed by atoms with E-state index in [1.165, 1.54) is 0 Å². The zero-order valence-electron chi connectivity index (χ0n) is 18.8. The first-order valence-corrected chi connectivity index (χ1v) is 12.4. The van der Waals surface area contributed by atoms with Crippen molar-refractivity contribution < 1.29 is 9.53 Å². The van der Waals surface area contributed by atoms with E-state index in [1.54, 1.807) is 6.07 Å². The second kappa shape index (κ2) is 10.2. The van der Waals surface area contributed by atoms with E-state index in [0.717, 1.165) is 59.6 Å². The molecule has 0 radical (unpaired) electrons. The van der Waals surface area contributed by atoms with Crippen molar-refractivity contribution in [2.75, 3.05) is 13.1 Å². The van der Waals surface area contributed by atoms with E-state index in [9.17, 15) is 4.79 Å². The summed E-state index contributed by atoms with van der Waals surface area (Å²) in [4.78, 5) is 15.8.